The first-order valence-corrected chi connectivity index (χ1v) is 8.02. The Bertz CT molecular complexity index is 351. The van der Waals surface area contributed by atoms with E-state index in [4.69, 9.17) is 0 Å². The number of piperidine rings is 1. The number of carbonyl (C=O) groups excluding carboxylic acids is 1. The third kappa shape index (κ3) is 3.74. The van der Waals surface area contributed by atoms with Crippen molar-refractivity contribution in [1.82, 2.24) is 4.90 Å². The van der Waals surface area contributed by atoms with Gasteiger partial charge in [-0.15, -0.1) is 0 Å². The van der Waals surface area contributed by atoms with Crippen LogP contribution in [0.5, 0.6) is 0 Å². The molecule has 114 valence electrons. The van der Waals surface area contributed by atoms with Crippen molar-refractivity contribution in [3.8, 4) is 0 Å². The first-order chi connectivity index (χ1) is 9.51. The van der Waals surface area contributed by atoms with Gasteiger partial charge in [0.15, 0.2) is 0 Å². The number of carboxylic acid groups (broad SMARTS) is 1. The zero-order valence-electron chi connectivity index (χ0n) is 12.6. The molecule has 0 aromatic carbocycles. The largest absolute Gasteiger partial charge is 0.481 e. The maximum absolute atomic E-state index is 12.3. The maximum Gasteiger partial charge on any atom is 0.309 e. The Morgan fingerprint density at radius 3 is 2.15 bits per heavy atom. The lowest BCUT2D eigenvalue weighted by molar-refractivity contribution is -0.153. The molecule has 0 radical (unpaired) electrons. The van der Waals surface area contributed by atoms with E-state index in [9.17, 15) is 14.7 Å². The molecular formula is C16H27NO3. The molecule has 4 nitrogen and oxygen atoms in total. The Kier molecular flexibility index (Phi) is 5.06. The molecule has 0 aromatic rings. The molecule has 2 aliphatic rings. The number of nitrogens with zero attached hydrogens (tertiary/aromatic N) is 1. The fourth-order valence-corrected chi connectivity index (χ4v) is 3.41. The van der Waals surface area contributed by atoms with Crippen LogP contribution in [0.2, 0.25) is 0 Å². The number of carbonyl (C=O) groups is 2. The lowest BCUT2D eigenvalue weighted by Gasteiger charge is -2.37. The van der Waals surface area contributed by atoms with Crippen molar-refractivity contribution in [2.45, 2.75) is 64.7 Å². The van der Waals surface area contributed by atoms with E-state index in [-0.39, 0.29) is 5.91 Å². The molecule has 1 amide bonds. The SMILES string of the molecule is CC1(C(=O)O)CCN(C(=O)CC2CCCCCC2)CC1. The van der Waals surface area contributed by atoms with E-state index in [0.717, 1.165) is 0 Å². The number of hydrogen-bond acceptors (Lipinski definition) is 2. The molecule has 20 heavy (non-hydrogen) atoms. The molecule has 2 fully saturated rings. The molecule has 0 unspecified atom stereocenters. The summed E-state index contributed by atoms with van der Waals surface area (Å²) in [6.45, 7) is 3.01. The highest BCUT2D eigenvalue weighted by molar-refractivity contribution is 5.78. The Hall–Kier alpha value is -1.06. The Labute approximate surface area is 121 Å². The van der Waals surface area contributed by atoms with Gasteiger partial charge in [0, 0.05) is 19.5 Å². The van der Waals surface area contributed by atoms with Gasteiger partial charge in [-0.05, 0) is 38.5 Å². The average Bonchev–Trinajstić information content (AvgIpc) is 2.68. The number of aliphatic carboxylic acids is 1. The minimum atomic E-state index is -0.728. The van der Waals surface area contributed by atoms with Crippen molar-refractivity contribution in [3.05, 3.63) is 0 Å². The summed E-state index contributed by atoms with van der Waals surface area (Å²) >= 11 is 0. The highest BCUT2D eigenvalue weighted by Crippen LogP contribution is 2.32. The molecule has 1 saturated heterocycles. The van der Waals surface area contributed by atoms with Gasteiger partial charge in [0.05, 0.1) is 5.41 Å². The van der Waals surface area contributed by atoms with Crippen LogP contribution in [0.4, 0.5) is 0 Å². The molecule has 0 aromatic heterocycles. The highest BCUT2D eigenvalue weighted by Gasteiger charge is 2.38. The van der Waals surface area contributed by atoms with Gasteiger partial charge in [-0.25, -0.2) is 0 Å². The second-order valence-electron chi connectivity index (χ2n) is 6.81. The Morgan fingerprint density at radius 1 is 1.10 bits per heavy atom. The van der Waals surface area contributed by atoms with Crippen LogP contribution in [0, 0.1) is 11.3 Å². The van der Waals surface area contributed by atoms with Crippen LogP contribution in [0.1, 0.15) is 64.7 Å². The van der Waals surface area contributed by atoms with Crippen molar-refractivity contribution in [1.29, 1.82) is 0 Å². The van der Waals surface area contributed by atoms with Crippen LogP contribution in [-0.2, 0) is 9.59 Å². The molecule has 0 bridgehead atoms. The van der Waals surface area contributed by atoms with E-state index in [0.29, 0.717) is 38.3 Å². The first-order valence-electron chi connectivity index (χ1n) is 8.02. The van der Waals surface area contributed by atoms with E-state index in [1.54, 1.807) is 6.92 Å². The minimum absolute atomic E-state index is 0.240. The van der Waals surface area contributed by atoms with Crippen LogP contribution in [0.3, 0.4) is 0 Å². The predicted molar refractivity (Wildman–Crippen MR) is 77.4 cm³/mol. The first kappa shape index (κ1) is 15.3. The van der Waals surface area contributed by atoms with Crippen molar-refractivity contribution in [2.24, 2.45) is 11.3 Å². The van der Waals surface area contributed by atoms with Crippen LogP contribution in [0.15, 0.2) is 0 Å². The monoisotopic (exact) mass is 281 g/mol. The summed E-state index contributed by atoms with van der Waals surface area (Å²) in [7, 11) is 0. The molecular weight excluding hydrogens is 254 g/mol. The van der Waals surface area contributed by atoms with E-state index >= 15 is 0 Å². The second-order valence-corrected chi connectivity index (χ2v) is 6.81. The van der Waals surface area contributed by atoms with Gasteiger partial charge < -0.3 is 10.0 Å². The Balaban J connectivity index is 1.81. The molecule has 1 heterocycles. The third-order valence-electron chi connectivity index (χ3n) is 5.17. The smallest absolute Gasteiger partial charge is 0.309 e. The molecule has 0 spiro atoms. The van der Waals surface area contributed by atoms with Crippen molar-refractivity contribution in [3.63, 3.8) is 0 Å². The zero-order chi connectivity index (χ0) is 14.6. The van der Waals surface area contributed by atoms with Crippen molar-refractivity contribution in [2.75, 3.05) is 13.1 Å². The number of hydrogen-bond donors (Lipinski definition) is 1. The summed E-state index contributed by atoms with van der Waals surface area (Å²) in [4.78, 5) is 25.4. The minimum Gasteiger partial charge on any atom is -0.481 e. The van der Waals surface area contributed by atoms with E-state index in [2.05, 4.69) is 0 Å². The van der Waals surface area contributed by atoms with Crippen LogP contribution in [0.25, 0.3) is 0 Å². The lowest BCUT2D eigenvalue weighted by atomic mass is 9.80. The molecule has 1 N–H and O–H groups in total. The molecule has 0 atom stereocenters. The summed E-state index contributed by atoms with van der Waals surface area (Å²) in [5.41, 5.74) is -0.640. The van der Waals surface area contributed by atoms with E-state index in [1.165, 1.54) is 38.5 Å². The lowest BCUT2D eigenvalue weighted by Crippen LogP contribution is -2.45. The fourth-order valence-electron chi connectivity index (χ4n) is 3.41. The van der Waals surface area contributed by atoms with E-state index in [1.807, 2.05) is 4.90 Å². The quantitative estimate of drug-likeness (QED) is 0.809. The van der Waals surface area contributed by atoms with Crippen LogP contribution < -0.4 is 0 Å². The predicted octanol–water partition coefficient (Wildman–Crippen LogP) is 3.06. The third-order valence-corrected chi connectivity index (χ3v) is 5.17. The van der Waals surface area contributed by atoms with Crippen molar-refractivity contribution >= 4 is 11.9 Å². The van der Waals surface area contributed by atoms with Gasteiger partial charge in [-0.3, -0.25) is 9.59 Å². The summed E-state index contributed by atoms with van der Waals surface area (Å²) in [5, 5.41) is 9.21. The number of carboxylic acids is 1. The molecule has 4 heteroatoms. The molecule has 1 saturated carbocycles. The van der Waals surface area contributed by atoms with Gasteiger partial charge in [0.1, 0.15) is 0 Å². The maximum atomic E-state index is 12.3. The van der Waals surface area contributed by atoms with Gasteiger partial charge >= 0.3 is 5.97 Å². The second kappa shape index (κ2) is 6.59. The van der Waals surface area contributed by atoms with Gasteiger partial charge in [0.25, 0.3) is 0 Å². The molecule has 1 aliphatic carbocycles. The number of rotatable bonds is 3. The topological polar surface area (TPSA) is 57.6 Å². The number of likely N-dealkylation sites (tertiary alicyclic amines) is 1. The fraction of sp³-hybridized carbons (Fsp3) is 0.875. The van der Waals surface area contributed by atoms with E-state index < -0.39 is 11.4 Å². The zero-order valence-corrected chi connectivity index (χ0v) is 12.6. The van der Waals surface area contributed by atoms with Gasteiger partial charge in [-0.1, -0.05) is 25.7 Å². The summed E-state index contributed by atoms with van der Waals surface area (Å²) in [6.07, 6.45) is 9.35. The Morgan fingerprint density at radius 2 is 1.65 bits per heavy atom. The standard InChI is InChI=1S/C16H27NO3/c1-16(15(19)20)8-10-17(11-9-16)14(18)12-13-6-4-2-3-5-7-13/h13H,2-12H2,1H3,(H,19,20). The molecule has 2 rings (SSSR count). The number of amides is 1. The normalized spacial score (nSPS) is 24.1. The van der Waals surface area contributed by atoms with Crippen LogP contribution >= 0.6 is 0 Å². The molecule has 1 aliphatic heterocycles. The summed E-state index contributed by atoms with van der Waals surface area (Å²) in [5.74, 6) is 0.0653. The highest BCUT2D eigenvalue weighted by atomic mass is 16.4. The van der Waals surface area contributed by atoms with Gasteiger partial charge in [-0.2, -0.15) is 0 Å². The van der Waals surface area contributed by atoms with Crippen LogP contribution in [-0.4, -0.2) is 35.0 Å². The summed E-state index contributed by atoms with van der Waals surface area (Å²) in [6, 6.07) is 0. The average molecular weight is 281 g/mol. The van der Waals surface area contributed by atoms with Crippen molar-refractivity contribution < 1.29 is 14.7 Å². The van der Waals surface area contributed by atoms with Gasteiger partial charge in [0.2, 0.25) is 5.91 Å². The summed E-state index contributed by atoms with van der Waals surface area (Å²) < 4.78 is 0.